The van der Waals surface area contributed by atoms with E-state index in [-0.39, 0.29) is 10.1 Å². The smallest absolute Gasteiger partial charge is 0.338 e. The van der Waals surface area contributed by atoms with Gasteiger partial charge in [0.1, 0.15) is 6.20 Å². The van der Waals surface area contributed by atoms with E-state index in [9.17, 15) is 14.9 Å². The van der Waals surface area contributed by atoms with Crippen molar-refractivity contribution >= 4 is 27.5 Å². The lowest BCUT2D eigenvalue weighted by molar-refractivity contribution is -0.380. The predicted octanol–water partition coefficient (Wildman–Crippen LogP) is 1.58. The lowest BCUT2D eigenvalue weighted by Crippen LogP contribution is -2.29. The Morgan fingerprint density at radius 3 is 3.00 bits per heavy atom. The molecule has 0 atom stereocenters. The van der Waals surface area contributed by atoms with Gasteiger partial charge >= 0.3 is 11.0 Å². The Balaban J connectivity index is 2.50. The molecule has 0 aliphatic carbocycles. The Kier molecular flexibility index (Phi) is 3.98. The molecule has 0 radical (unpaired) electrons. The Morgan fingerprint density at radius 1 is 1.73 bits per heavy atom. The lowest BCUT2D eigenvalue weighted by atomic mass is 10.5. The van der Waals surface area contributed by atoms with E-state index in [1.807, 2.05) is 6.92 Å². The number of nitro groups is 1. The minimum Gasteiger partial charge on any atom is -0.338 e. The highest BCUT2D eigenvalue weighted by Crippen LogP contribution is 2.24. The van der Waals surface area contributed by atoms with Crippen LogP contribution in [0.15, 0.2) is 6.20 Å². The highest BCUT2D eigenvalue weighted by Gasteiger charge is 2.12. The Hall–Kier alpha value is -1.70. The van der Waals surface area contributed by atoms with Crippen LogP contribution >= 0.6 is 11.3 Å². The SMILES string of the molecule is CCCNC(=O)Nc1ncc([N+](=O)[O-])s1. The zero-order chi connectivity index (χ0) is 11.3. The van der Waals surface area contributed by atoms with Crippen molar-refractivity contribution in [2.24, 2.45) is 0 Å². The van der Waals surface area contributed by atoms with Crippen molar-refractivity contribution in [3.05, 3.63) is 16.3 Å². The van der Waals surface area contributed by atoms with E-state index in [0.717, 1.165) is 24.0 Å². The van der Waals surface area contributed by atoms with Gasteiger partial charge in [0.05, 0.1) is 4.92 Å². The average Bonchev–Trinajstić information content (AvgIpc) is 2.63. The van der Waals surface area contributed by atoms with Gasteiger partial charge in [-0.05, 0) is 17.8 Å². The second kappa shape index (κ2) is 5.25. The number of nitrogens with one attached hydrogen (secondary N) is 2. The van der Waals surface area contributed by atoms with Gasteiger partial charge in [0.25, 0.3) is 0 Å². The Labute approximate surface area is 89.7 Å². The molecule has 2 N–H and O–H groups in total. The van der Waals surface area contributed by atoms with Crippen LogP contribution in [0.2, 0.25) is 0 Å². The molecule has 1 heterocycles. The number of urea groups is 1. The number of aromatic nitrogens is 1. The maximum atomic E-state index is 11.1. The summed E-state index contributed by atoms with van der Waals surface area (Å²) in [5.41, 5.74) is 0. The van der Waals surface area contributed by atoms with Crippen LogP contribution in [-0.4, -0.2) is 22.5 Å². The third-order valence-electron chi connectivity index (χ3n) is 1.43. The summed E-state index contributed by atoms with van der Waals surface area (Å²) < 4.78 is 0. The van der Waals surface area contributed by atoms with Crippen molar-refractivity contribution in [2.45, 2.75) is 13.3 Å². The standard InChI is InChI=1S/C7H10N4O3S/c1-2-3-8-6(12)10-7-9-4-5(15-7)11(13)14/h4H,2-3H2,1H3,(H2,8,9,10,12). The van der Waals surface area contributed by atoms with Crippen LogP contribution in [0.4, 0.5) is 14.9 Å². The van der Waals surface area contributed by atoms with Gasteiger partial charge in [0, 0.05) is 6.54 Å². The summed E-state index contributed by atoms with van der Waals surface area (Å²) in [6, 6.07) is -0.402. The second-order valence-electron chi connectivity index (χ2n) is 2.64. The number of amides is 2. The first kappa shape index (κ1) is 11.4. The molecule has 7 nitrogen and oxygen atoms in total. The van der Waals surface area contributed by atoms with Crippen molar-refractivity contribution in [1.82, 2.24) is 10.3 Å². The van der Waals surface area contributed by atoms with E-state index >= 15 is 0 Å². The molecule has 0 spiro atoms. The van der Waals surface area contributed by atoms with Gasteiger partial charge in [0.2, 0.25) is 0 Å². The summed E-state index contributed by atoms with van der Waals surface area (Å²) in [6.07, 6.45) is 1.94. The number of thiazole rings is 1. The third-order valence-corrected chi connectivity index (χ3v) is 2.29. The van der Waals surface area contributed by atoms with Gasteiger partial charge in [0.15, 0.2) is 5.13 Å². The zero-order valence-electron chi connectivity index (χ0n) is 8.02. The quantitative estimate of drug-likeness (QED) is 0.606. The first-order valence-corrected chi connectivity index (χ1v) is 5.10. The summed E-state index contributed by atoms with van der Waals surface area (Å²) in [7, 11) is 0. The van der Waals surface area contributed by atoms with E-state index < -0.39 is 11.0 Å². The molecule has 0 aromatic carbocycles. The molecule has 0 bridgehead atoms. The van der Waals surface area contributed by atoms with Crippen molar-refractivity contribution in [3.8, 4) is 0 Å². The number of hydrogen-bond donors (Lipinski definition) is 2. The first-order valence-electron chi connectivity index (χ1n) is 4.28. The molecule has 0 aliphatic heterocycles. The zero-order valence-corrected chi connectivity index (χ0v) is 8.84. The largest absolute Gasteiger partial charge is 0.345 e. The fourth-order valence-electron chi connectivity index (χ4n) is 0.788. The van der Waals surface area contributed by atoms with Gasteiger partial charge in [-0.3, -0.25) is 15.4 Å². The van der Waals surface area contributed by atoms with Crippen LogP contribution in [0.25, 0.3) is 0 Å². The molecule has 0 saturated carbocycles. The van der Waals surface area contributed by atoms with E-state index in [1.165, 1.54) is 0 Å². The van der Waals surface area contributed by atoms with Gasteiger partial charge < -0.3 is 5.32 Å². The van der Waals surface area contributed by atoms with Gasteiger partial charge in [-0.2, -0.15) is 0 Å². The summed E-state index contributed by atoms with van der Waals surface area (Å²) in [6.45, 7) is 2.48. The normalized spacial score (nSPS) is 9.67. The van der Waals surface area contributed by atoms with Crippen molar-refractivity contribution < 1.29 is 9.72 Å². The number of hydrogen-bond acceptors (Lipinski definition) is 5. The molecule has 1 aromatic rings. The summed E-state index contributed by atoms with van der Waals surface area (Å²) in [4.78, 5) is 24.6. The fraction of sp³-hybridized carbons (Fsp3) is 0.429. The molecule has 15 heavy (non-hydrogen) atoms. The predicted molar refractivity (Wildman–Crippen MR) is 56.1 cm³/mol. The van der Waals surface area contributed by atoms with Crippen LogP contribution < -0.4 is 10.6 Å². The number of anilines is 1. The van der Waals surface area contributed by atoms with Crippen LogP contribution in [0, 0.1) is 10.1 Å². The number of carbonyl (C=O) groups excluding carboxylic acids is 1. The molecule has 1 aromatic heterocycles. The van der Waals surface area contributed by atoms with E-state index in [4.69, 9.17) is 0 Å². The summed E-state index contributed by atoms with van der Waals surface area (Å²) >= 11 is 0.821. The molecule has 0 aliphatic rings. The van der Waals surface area contributed by atoms with Crippen molar-refractivity contribution in [1.29, 1.82) is 0 Å². The van der Waals surface area contributed by atoms with Crippen molar-refractivity contribution in [2.75, 3.05) is 11.9 Å². The van der Waals surface area contributed by atoms with Crippen LogP contribution in [-0.2, 0) is 0 Å². The van der Waals surface area contributed by atoms with Crippen LogP contribution in [0.1, 0.15) is 13.3 Å². The van der Waals surface area contributed by atoms with Gasteiger partial charge in [-0.25, -0.2) is 9.78 Å². The maximum Gasteiger partial charge on any atom is 0.345 e. The second-order valence-corrected chi connectivity index (χ2v) is 3.65. The third kappa shape index (κ3) is 3.50. The van der Waals surface area contributed by atoms with E-state index in [0.29, 0.717) is 6.54 Å². The number of carbonyl (C=O) groups is 1. The van der Waals surface area contributed by atoms with Crippen molar-refractivity contribution in [3.63, 3.8) is 0 Å². The highest BCUT2D eigenvalue weighted by atomic mass is 32.1. The molecule has 1 rings (SSSR count). The highest BCUT2D eigenvalue weighted by molar-refractivity contribution is 7.18. The lowest BCUT2D eigenvalue weighted by Gasteiger charge is -2.01. The number of rotatable bonds is 4. The summed E-state index contributed by atoms with van der Waals surface area (Å²) in [5.74, 6) is 0. The van der Waals surface area contributed by atoms with Crippen LogP contribution in [0.3, 0.4) is 0 Å². The van der Waals surface area contributed by atoms with Crippen LogP contribution in [0.5, 0.6) is 0 Å². The molecule has 2 amide bonds. The van der Waals surface area contributed by atoms with E-state index in [2.05, 4.69) is 15.6 Å². The topological polar surface area (TPSA) is 97.2 Å². The fourth-order valence-corrected chi connectivity index (χ4v) is 1.41. The Bertz CT molecular complexity index is 365. The van der Waals surface area contributed by atoms with Gasteiger partial charge in [-0.1, -0.05) is 6.92 Å². The maximum absolute atomic E-state index is 11.1. The first-order chi connectivity index (χ1) is 7.13. The average molecular weight is 230 g/mol. The van der Waals surface area contributed by atoms with Gasteiger partial charge in [-0.15, -0.1) is 0 Å². The Morgan fingerprint density at radius 2 is 2.47 bits per heavy atom. The minimum atomic E-state index is -0.549. The molecule has 82 valence electrons. The summed E-state index contributed by atoms with van der Waals surface area (Å²) in [5, 5.41) is 15.4. The molecular formula is C7H10N4O3S. The molecule has 8 heteroatoms. The minimum absolute atomic E-state index is 0.0965. The molecule has 0 unspecified atom stereocenters. The monoisotopic (exact) mass is 230 g/mol. The molecule has 0 fully saturated rings. The van der Waals surface area contributed by atoms with E-state index in [1.54, 1.807) is 0 Å². The molecule has 0 saturated heterocycles. The molecular weight excluding hydrogens is 220 g/mol. The number of nitrogens with zero attached hydrogens (tertiary/aromatic N) is 2.